The molecule has 20 heavy (non-hydrogen) atoms. The molecule has 1 amide bonds. The largest absolute Gasteiger partial charge is 0.454 e. The lowest BCUT2D eigenvalue weighted by Gasteiger charge is -2.06. The predicted octanol–water partition coefficient (Wildman–Crippen LogP) is 1.76. The van der Waals surface area contributed by atoms with Gasteiger partial charge in [-0.05, 0) is 12.1 Å². The van der Waals surface area contributed by atoms with E-state index in [1.54, 1.807) is 24.5 Å². The Morgan fingerprint density at radius 3 is 3.15 bits per heavy atom. The Morgan fingerprint density at radius 1 is 1.45 bits per heavy atom. The number of imidazole rings is 1. The van der Waals surface area contributed by atoms with Crippen LogP contribution < -0.4 is 14.8 Å². The van der Waals surface area contributed by atoms with E-state index in [-0.39, 0.29) is 12.7 Å². The third-order valence-corrected chi connectivity index (χ3v) is 3.17. The number of hydrogen-bond acceptors (Lipinski definition) is 4. The van der Waals surface area contributed by atoms with E-state index in [1.807, 2.05) is 0 Å². The number of carbonyl (C=O) groups excluding carboxylic acids is 1. The van der Waals surface area contributed by atoms with Gasteiger partial charge in [0.05, 0.1) is 5.02 Å². The second-order valence-corrected chi connectivity index (χ2v) is 4.64. The minimum Gasteiger partial charge on any atom is -0.454 e. The maximum absolute atomic E-state index is 12.0. The van der Waals surface area contributed by atoms with Crippen molar-refractivity contribution in [3.63, 3.8) is 0 Å². The summed E-state index contributed by atoms with van der Waals surface area (Å²) in [5, 5.41) is 3.17. The quantitative estimate of drug-likeness (QED) is 0.901. The van der Waals surface area contributed by atoms with Crippen LogP contribution in [0.25, 0.3) is 0 Å². The first kappa shape index (κ1) is 12.8. The molecule has 2 heterocycles. The third-order valence-electron chi connectivity index (χ3n) is 2.89. The molecule has 0 radical (unpaired) electrons. The number of rotatable bonds is 4. The lowest BCUT2D eigenvalue weighted by molar-refractivity contribution is 0.0953. The third kappa shape index (κ3) is 2.55. The highest BCUT2D eigenvalue weighted by Gasteiger charge is 2.20. The van der Waals surface area contributed by atoms with Gasteiger partial charge in [0, 0.05) is 30.9 Å². The number of aromatic nitrogens is 2. The van der Waals surface area contributed by atoms with E-state index in [0.717, 1.165) is 5.82 Å². The van der Waals surface area contributed by atoms with Gasteiger partial charge in [-0.3, -0.25) is 4.79 Å². The van der Waals surface area contributed by atoms with Gasteiger partial charge in [0.2, 0.25) is 6.79 Å². The van der Waals surface area contributed by atoms with E-state index in [2.05, 4.69) is 15.3 Å². The molecule has 6 nitrogen and oxygen atoms in total. The monoisotopic (exact) mass is 293 g/mol. The lowest BCUT2D eigenvalue weighted by atomic mass is 10.2. The summed E-state index contributed by atoms with van der Waals surface area (Å²) in [4.78, 5) is 19.1. The number of ether oxygens (including phenoxy) is 2. The summed E-state index contributed by atoms with van der Waals surface area (Å²) in [6.07, 6.45) is 4.06. The van der Waals surface area contributed by atoms with Gasteiger partial charge < -0.3 is 19.8 Å². The second-order valence-electron chi connectivity index (χ2n) is 4.23. The van der Waals surface area contributed by atoms with E-state index in [1.165, 1.54) is 0 Å². The summed E-state index contributed by atoms with van der Waals surface area (Å²) in [6, 6.07) is 3.19. The Hall–Kier alpha value is -2.21. The van der Waals surface area contributed by atoms with Crippen LogP contribution in [-0.2, 0) is 6.42 Å². The van der Waals surface area contributed by atoms with Crippen molar-refractivity contribution in [1.82, 2.24) is 15.3 Å². The van der Waals surface area contributed by atoms with Crippen LogP contribution in [0.2, 0.25) is 5.02 Å². The van der Waals surface area contributed by atoms with Gasteiger partial charge in [-0.2, -0.15) is 0 Å². The van der Waals surface area contributed by atoms with E-state index >= 15 is 0 Å². The van der Waals surface area contributed by atoms with Crippen LogP contribution in [-0.4, -0.2) is 29.2 Å². The number of amides is 1. The van der Waals surface area contributed by atoms with Crippen molar-refractivity contribution in [1.29, 1.82) is 0 Å². The fourth-order valence-electron chi connectivity index (χ4n) is 1.93. The van der Waals surface area contributed by atoms with Gasteiger partial charge in [0.25, 0.3) is 5.91 Å². The van der Waals surface area contributed by atoms with Gasteiger partial charge in [0.15, 0.2) is 11.5 Å². The molecule has 1 aromatic carbocycles. The van der Waals surface area contributed by atoms with Crippen LogP contribution in [0.3, 0.4) is 0 Å². The van der Waals surface area contributed by atoms with E-state index < -0.39 is 0 Å². The highest BCUT2D eigenvalue weighted by atomic mass is 35.5. The van der Waals surface area contributed by atoms with Crippen molar-refractivity contribution in [2.45, 2.75) is 6.42 Å². The van der Waals surface area contributed by atoms with Crippen molar-refractivity contribution in [2.75, 3.05) is 13.3 Å². The smallest absolute Gasteiger partial charge is 0.251 e. The molecule has 2 N–H and O–H groups in total. The van der Waals surface area contributed by atoms with Crippen LogP contribution in [0.1, 0.15) is 16.2 Å². The van der Waals surface area contributed by atoms with Crippen LogP contribution in [0, 0.1) is 0 Å². The molecule has 2 aromatic rings. The molecular weight excluding hydrogens is 282 g/mol. The van der Waals surface area contributed by atoms with Crippen LogP contribution in [0.5, 0.6) is 11.5 Å². The molecular formula is C13H12ClN3O3. The Kier molecular flexibility index (Phi) is 3.47. The number of nitrogens with zero attached hydrogens (tertiary/aromatic N) is 1. The van der Waals surface area contributed by atoms with Gasteiger partial charge in [-0.1, -0.05) is 11.6 Å². The average molecular weight is 294 g/mol. The summed E-state index contributed by atoms with van der Waals surface area (Å²) in [5.41, 5.74) is 0.443. The number of carbonyl (C=O) groups is 1. The number of H-pyrrole nitrogens is 1. The molecule has 3 rings (SSSR count). The molecule has 7 heteroatoms. The van der Waals surface area contributed by atoms with Crippen LogP contribution in [0.15, 0.2) is 24.5 Å². The van der Waals surface area contributed by atoms with Crippen molar-refractivity contribution >= 4 is 17.5 Å². The zero-order valence-electron chi connectivity index (χ0n) is 10.5. The maximum Gasteiger partial charge on any atom is 0.251 e. The summed E-state index contributed by atoms with van der Waals surface area (Å²) in [5.74, 6) is 1.60. The highest BCUT2D eigenvalue weighted by molar-refractivity contribution is 6.32. The molecule has 0 fully saturated rings. The van der Waals surface area contributed by atoms with E-state index in [9.17, 15) is 4.79 Å². The fraction of sp³-hybridized carbons (Fsp3) is 0.231. The molecule has 1 aliphatic rings. The van der Waals surface area contributed by atoms with E-state index in [0.29, 0.717) is 35.1 Å². The maximum atomic E-state index is 12.0. The first-order valence-electron chi connectivity index (χ1n) is 6.09. The molecule has 104 valence electrons. The number of nitrogens with one attached hydrogen (secondary N) is 2. The molecule has 0 atom stereocenters. The van der Waals surface area contributed by atoms with Gasteiger partial charge in [-0.15, -0.1) is 0 Å². The Morgan fingerprint density at radius 2 is 2.35 bits per heavy atom. The Labute approximate surface area is 120 Å². The number of hydrogen-bond donors (Lipinski definition) is 2. The first-order chi connectivity index (χ1) is 9.74. The topological polar surface area (TPSA) is 76.2 Å². The summed E-state index contributed by atoms with van der Waals surface area (Å²) in [6.45, 7) is 0.608. The SMILES string of the molecule is O=C(NCCc1ncc[nH]1)c1cc(Cl)c2c(c1)OCO2. The molecule has 0 saturated carbocycles. The summed E-state index contributed by atoms with van der Waals surface area (Å²) in [7, 11) is 0. The normalized spacial score (nSPS) is 12.4. The molecule has 0 aliphatic carbocycles. The summed E-state index contributed by atoms with van der Waals surface area (Å²) < 4.78 is 10.4. The zero-order chi connectivity index (χ0) is 13.9. The molecule has 0 spiro atoms. The number of halogens is 1. The molecule has 0 bridgehead atoms. The van der Waals surface area contributed by atoms with Crippen molar-refractivity contribution < 1.29 is 14.3 Å². The molecule has 1 aromatic heterocycles. The molecule has 1 aliphatic heterocycles. The molecule has 0 saturated heterocycles. The number of fused-ring (bicyclic) bond motifs is 1. The second kappa shape index (κ2) is 5.42. The first-order valence-corrected chi connectivity index (χ1v) is 6.47. The van der Waals surface area contributed by atoms with Gasteiger partial charge in [-0.25, -0.2) is 4.98 Å². The van der Waals surface area contributed by atoms with E-state index in [4.69, 9.17) is 21.1 Å². The highest BCUT2D eigenvalue weighted by Crippen LogP contribution is 2.39. The van der Waals surface area contributed by atoms with Crippen molar-refractivity contribution in [3.05, 3.63) is 40.9 Å². The number of benzene rings is 1. The average Bonchev–Trinajstić information content (AvgIpc) is 3.08. The number of aromatic amines is 1. The fourth-order valence-corrected chi connectivity index (χ4v) is 2.19. The van der Waals surface area contributed by atoms with Crippen molar-refractivity contribution in [2.24, 2.45) is 0 Å². The lowest BCUT2D eigenvalue weighted by Crippen LogP contribution is -2.25. The minimum absolute atomic E-state index is 0.124. The van der Waals surface area contributed by atoms with Crippen molar-refractivity contribution in [3.8, 4) is 11.5 Å². The molecule has 0 unspecified atom stereocenters. The Balaban J connectivity index is 1.64. The van der Waals surface area contributed by atoms with Gasteiger partial charge in [0.1, 0.15) is 5.82 Å². The summed E-state index contributed by atoms with van der Waals surface area (Å²) >= 11 is 6.03. The minimum atomic E-state index is -0.211. The van der Waals surface area contributed by atoms with Crippen LogP contribution in [0.4, 0.5) is 0 Å². The Bertz CT molecular complexity index is 628. The van der Waals surface area contributed by atoms with Crippen LogP contribution >= 0.6 is 11.6 Å². The zero-order valence-corrected chi connectivity index (χ0v) is 11.2. The van der Waals surface area contributed by atoms with Gasteiger partial charge >= 0.3 is 0 Å². The predicted molar refractivity (Wildman–Crippen MR) is 72.2 cm³/mol. The standard InChI is InChI=1S/C13H12ClN3O3/c14-9-5-8(6-10-12(9)20-7-19-10)13(18)17-2-1-11-15-3-4-16-11/h3-6H,1-2,7H2,(H,15,16)(H,17,18).